The fourth-order valence-electron chi connectivity index (χ4n) is 5.41. The van der Waals surface area contributed by atoms with E-state index in [1.165, 1.54) is 12.1 Å². The third-order valence-electron chi connectivity index (χ3n) is 7.49. The number of benzene rings is 3. The van der Waals surface area contributed by atoms with E-state index in [0.29, 0.717) is 18.4 Å². The zero-order valence-corrected chi connectivity index (χ0v) is 24.6. The molecule has 0 saturated heterocycles. The monoisotopic (exact) mass is 589 g/mol. The van der Waals surface area contributed by atoms with E-state index in [1.54, 1.807) is 32.9 Å². The highest BCUT2D eigenvalue weighted by Gasteiger charge is 2.35. The van der Waals surface area contributed by atoms with Gasteiger partial charge < -0.3 is 25.6 Å². The molecule has 3 unspecified atom stereocenters. The van der Waals surface area contributed by atoms with Crippen LogP contribution >= 0.6 is 0 Å². The van der Waals surface area contributed by atoms with Gasteiger partial charge in [-0.1, -0.05) is 66.7 Å². The summed E-state index contributed by atoms with van der Waals surface area (Å²) in [6.07, 6.45) is -1.78. The number of aliphatic hydroxyl groups excluding tert-OH is 2. The molecule has 0 bridgehead atoms. The molecule has 4 N–H and O–H groups in total. The fraction of sp³-hybridized carbons (Fsp3) is 0.394. The first-order valence-corrected chi connectivity index (χ1v) is 14.4. The maximum absolute atomic E-state index is 13.8. The van der Waals surface area contributed by atoms with Gasteiger partial charge in [-0.2, -0.15) is 0 Å². The number of fused-ring (bicyclic) bond motifs is 1. The van der Waals surface area contributed by atoms with Gasteiger partial charge in [-0.05, 0) is 62.3 Å². The molecule has 1 aliphatic carbocycles. The zero-order valence-electron chi connectivity index (χ0n) is 24.6. The molecule has 0 aliphatic heterocycles. The van der Waals surface area contributed by atoms with Gasteiger partial charge >= 0.3 is 6.09 Å². The standard InChI is InChI=1S/C33H39N3O7/c1-33(2,3)43-32(40)34-27(18-21-9-5-4-6-10-21)28(37)20-24(17-22-13-15-25(16-14-22)36(41)42)31(39)35-30-26-12-8-7-11-23(26)19-29(30)38/h4-16,24,27-30,37-38H,17-20H2,1-3H3,(H,34,40)(H,35,39)/t24?,27?,28?,29-,30-/m0/s1. The van der Waals surface area contributed by atoms with Crippen molar-refractivity contribution >= 4 is 17.7 Å². The van der Waals surface area contributed by atoms with Crippen LogP contribution in [0.15, 0.2) is 78.9 Å². The van der Waals surface area contributed by atoms with E-state index in [9.17, 15) is 29.9 Å². The van der Waals surface area contributed by atoms with E-state index in [-0.39, 0.29) is 24.4 Å². The molecular weight excluding hydrogens is 550 g/mol. The van der Waals surface area contributed by atoms with Crippen molar-refractivity contribution in [2.45, 2.75) is 76.3 Å². The molecule has 0 heterocycles. The number of nitro benzene ring substituents is 1. The summed E-state index contributed by atoms with van der Waals surface area (Å²) in [6.45, 7) is 5.24. The second kappa shape index (κ2) is 13.8. The van der Waals surface area contributed by atoms with Crippen molar-refractivity contribution in [3.05, 3.63) is 111 Å². The Balaban J connectivity index is 1.58. The van der Waals surface area contributed by atoms with E-state index in [1.807, 2.05) is 54.6 Å². The number of carbonyl (C=O) groups is 2. The van der Waals surface area contributed by atoms with Gasteiger partial charge in [-0.25, -0.2) is 4.79 Å². The Morgan fingerprint density at radius 3 is 2.26 bits per heavy atom. The largest absolute Gasteiger partial charge is 0.444 e. The number of hydrogen-bond donors (Lipinski definition) is 4. The van der Waals surface area contributed by atoms with E-state index < -0.39 is 46.8 Å². The number of amides is 2. The van der Waals surface area contributed by atoms with Crippen molar-refractivity contribution in [1.29, 1.82) is 0 Å². The maximum atomic E-state index is 13.8. The van der Waals surface area contributed by atoms with E-state index in [2.05, 4.69) is 10.6 Å². The molecule has 0 spiro atoms. The SMILES string of the molecule is CC(C)(C)OC(=O)NC(Cc1ccccc1)C(O)CC(Cc1ccc([N+](=O)[O-])cc1)C(=O)N[C@H]1c2ccccc2C[C@@H]1O. The van der Waals surface area contributed by atoms with Crippen LogP contribution in [0.4, 0.5) is 10.5 Å². The lowest BCUT2D eigenvalue weighted by Crippen LogP contribution is -2.48. The minimum Gasteiger partial charge on any atom is -0.444 e. The second-order valence-corrected chi connectivity index (χ2v) is 12.0. The molecule has 5 atom stereocenters. The first-order valence-electron chi connectivity index (χ1n) is 14.4. The van der Waals surface area contributed by atoms with Crippen molar-refractivity contribution < 1.29 is 29.5 Å². The second-order valence-electron chi connectivity index (χ2n) is 12.0. The Morgan fingerprint density at radius 2 is 1.60 bits per heavy atom. The number of aliphatic hydroxyl groups is 2. The Hall–Kier alpha value is -4.28. The number of carbonyl (C=O) groups excluding carboxylic acids is 2. The molecule has 43 heavy (non-hydrogen) atoms. The van der Waals surface area contributed by atoms with Crippen LogP contribution in [0.3, 0.4) is 0 Å². The molecule has 228 valence electrons. The summed E-state index contributed by atoms with van der Waals surface area (Å²) in [5.74, 6) is -1.16. The lowest BCUT2D eigenvalue weighted by Gasteiger charge is -2.29. The van der Waals surface area contributed by atoms with Crippen LogP contribution in [-0.2, 0) is 28.8 Å². The molecule has 2 amide bonds. The first-order chi connectivity index (χ1) is 20.4. The van der Waals surface area contributed by atoms with Crippen LogP contribution in [-0.4, -0.2) is 51.0 Å². The summed E-state index contributed by atoms with van der Waals surface area (Å²) >= 11 is 0. The van der Waals surface area contributed by atoms with Crippen molar-refractivity contribution in [3.8, 4) is 0 Å². The molecule has 0 saturated carbocycles. The molecule has 10 nitrogen and oxygen atoms in total. The molecule has 0 fully saturated rings. The number of rotatable bonds is 11. The van der Waals surface area contributed by atoms with Crippen LogP contribution < -0.4 is 10.6 Å². The molecule has 3 aromatic carbocycles. The van der Waals surface area contributed by atoms with Crippen LogP contribution in [0.2, 0.25) is 0 Å². The van der Waals surface area contributed by atoms with Crippen LogP contribution in [0, 0.1) is 16.0 Å². The van der Waals surface area contributed by atoms with E-state index in [0.717, 1.165) is 16.7 Å². The minimum atomic E-state index is -1.15. The third kappa shape index (κ3) is 8.86. The number of non-ortho nitro benzene ring substituents is 1. The summed E-state index contributed by atoms with van der Waals surface area (Å²) in [7, 11) is 0. The minimum absolute atomic E-state index is 0.0272. The quantitative estimate of drug-likeness (QED) is 0.191. The van der Waals surface area contributed by atoms with E-state index >= 15 is 0 Å². The van der Waals surface area contributed by atoms with Gasteiger partial charge in [-0.3, -0.25) is 14.9 Å². The van der Waals surface area contributed by atoms with Gasteiger partial charge in [0.1, 0.15) is 5.60 Å². The van der Waals surface area contributed by atoms with Gasteiger partial charge in [-0.15, -0.1) is 0 Å². The molecule has 0 aromatic heterocycles. The molecule has 3 aromatic rings. The summed E-state index contributed by atoms with van der Waals surface area (Å²) in [5, 5.41) is 39.2. The predicted molar refractivity (Wildman–Crippen MR) is 161 cm³/mol. The average Bonchev–Trinajstić information content (AvgIpc) is 3.26. The van der Waals surface area contributed by atoms with Gasteiger partial charge in [0.2, 0.25) is 5.91 Å². The van der Waals surface area contributed by atoms with Gasteiger partial charge in [0.15, 0.2) is 0 Å². The number of nitrogens with one attached hydrogen (secondary N) is 2. The predicted octanol–water partition coefficient (Wildman–Crippen LogP) is 4.42. The lowest BCUT2D eigenvalue weighted by atomic mass is 9.88. The Bertz CT molecular complexity index is 1410. The average molecular weight is 590 g/mol. The normalized spacial score (nSPS) is 18.2. The van der Waals surface area contributed by atoms with Crippen LogP contribution in [0.1, 0.15) is 55.5 Å². The molecular formula is C33H39N3O7. The molecule has 1 aliphatic rings. The third-order valence-corrected chi connectivity index (χ3v) is 7.49. The van der Waals surface area contributed by atoms with Crippen molar-refractivity contribution in [2.24, 2.45) is 5.92 Å². The summed E-state index contributed by atoms with van der Waals surface area (Å²) in [4.78, 5) is 37.2. The number of hydrogen-bond acceptors (Lipinski definition) is 7. The molecule has 0 radical (unpaired) electrons. The maximum Gasteiger partial charge on any atom is 0.407 e. The number of ether oxygens (including phenoxy) is 1. The summed E-state index contributed by atoms with van der Waals surface area (Å²) < 4.78 is 5.45. The highest BCUT2D eigenvalue weighted by Crippen LogP contribution is 2.32. The Labute approximate surface area is 251 Å². The van der Waals surface area contributed by atoms with Crippen LogP contribution in [0.5, 0.6) is 0 Å². The topological polar surface area (TPSA) is 151 Å². The summed E-state index contributed by atoms with van der Waals surface area (Å²) in [5.41, 5.74) is 2.53. The zero-order chi connectivity index (χ0) is 31.1. The van der Waals surface area contributed by atoms with Gasteiger partial charge in [0.05, 0.1) is 29.2 Å². The van der Waals surface area contributed by atoms with Gasteiger partial charge in [0.25, 0.3) is 5.69 Å². The van der Waals surface area contributed by atoms with Crippen molar-refractivity contribution in [2.75, 3.05) is 0 Å². The number of nitrogens with zero attached hydrogens (tertiary/aromatic N) is 1. The molecule has 10 heteroatoms. The Kier molecular flexibility index (Phi) is 10.2. The smallest absolute Gasteiger partial charge is 0.407 e. The van der Waals surface area contributed by atoms with Crippen molar-refractivity contribution in [3.63, 3.8) is 0 Å². The van der Waals surface area contributed by atoms with Crippen molar-refractivity contribution in [1.82, 2.24) is 10.6 Å². The fourth-order valence-corrected chi connectivity index (χ4v) is 5.41. The molecule has 4 rings (SSSR count). The number of nitro groups is 1. The van der Waals surface area contributed by atoms with Gasteiger partial charge in [0, 0.05) is 24.5 Å². The highest BCUT2D eigenvalue weighted by atomic mass is 16.6. The lowest BCUT2D eigenvalue weighted by molar-refractivity contribution is -0.384. The van der Waals surface area contributed by atoms with Crippen LogP contribution in [0.25, 0.3) is 0 Å². The highest BCUT2D eigenvalue weighted by molar-refractivity contribution is 5.80. The number of alkyl carbamates (subject to hydrolysis) is 1. The van der Waals surface area contributed by atoms with E-state index in [4.69, 9.17) is 4.74 Å². The summed E-state index contributed by atoms with van der Waals surface area (Å²) in [6, 6.07) is 21.4. The Morgan fingerprint density at radius 1 is 0.977 bits per heavy atom. The first kappa shape index (κ1) is 31.7.